The number of anilines is 2. The molecule has 0 aliphatic rings. The fraction of sp³-hybridized carbons (Fsp3) is 0.136. The molecule has 1 N–H and O–H groups in total. The topological polar surface area (TPSA) is 75.7 Å². The predicted molar refractivity (Wildman–Crippen MR) is 114 cm³/mol. The number of benzene rings is 3. The number of carbonyl (C=O) groups excluding carboxylic acids is 1. The Kier molecular flexibility index (Phi) is 6.26. The van der Waals surface area contributed by atoms with E-state index in [0.29, 0.717) is 17.0 Å². The number of hydrogen-bond acceptors (Lipinski definition) is 4. The number of carbonyl (C=O) groups is 1. The summed E-state index contributed by atoms with van der Waals surface area (Å²) in [6.07, 6.45) is 0. The van der Waals surface area contributed by atoms with Crippen LogP contribution in [0.5, 0.6) is 5.75 Å². The molecule has 3 aromatic carbocycles. The molecule has 0 bridgehead atoms. The highest BCUT2D eigenvalue weighted by atomic mass is 32.2. The molecule has 9 heteroatoms. The Labute approximate surface area is 179 Å². The molecule has 0 saturated heterocycles. The van der Waals surface area contributed by atoms with Crippen LogP contribution in [0.1, 0.15) is 15.9 Å². The van der Waals surface area contributed by atoms with Gasteiger partial charge in [-0.25, -0.2) is 17.2 Å². The first kappa shape index (κ1) is 22.2. The number of hydrogen-bond donors (Lipinski definition) is 1. The number of aryl methyl sites for hydroxylation is 1. The van der Waals surface area contributed by atoms with Crippen molar-refractivity contribution in [3.8, 4) is 5.75 Å². The van der Waals surface area contributed by atoms with Crippen LogP contribution in [0, 0.1) is 18.6 Å². The first-order chi connectivity index (χ1) is 14.6. The molecule has 31 heavy (non-hydrogen) atoms. The van der Waals surface area contributed by atoms with Gasteiger partial charge in [-0.05, 0) is 48.9 Å². The lowest BCUT2D eigenvalue weighted by Crippen LogP contribution is -2.27. The van der Waals surface area contributed by atoms with Crippen molar-refractivity contribution in [3.05, 3.63) is 83.4 Å². The van der Waals surface area contributed by atoms with Crippen molar-refractivity contribution in [1.29, 1.82) is 0 Å². The summed E-state index contributed by atoms with van der Waals surface area (Å²) in [5, 5.41) is 2.28. The van der Waals surface area contributed by atoms with Crippen molar-refractivity contribution in [2.24, 2.45) is 0 Å². The van der Waals surface area contributed by atoms with E-state index in [2.05, 4.69) is 5.32 Å². The molecule has 3 rings (SSSR count). The van der Waals surface area contributed by atoms with Gasteiger partial charge in [-0.2, -0.15) is 0 Å². The maximum Gasteiger partial charge on any atom is 0.264 e. The molecular weight excluding hydrogens is 426 g/mol. The smallest absolute Gasteiger partial charge is 0.264 e. The number of para-hydroxylation sites is 2. The summed E-state index contributed by atoms with van der Waals surface area (Å²) < 4.78 is 59.9. The second-order valence-corrected chi connectivity index (χ2v) is 8.67. The lowest BCUT2D eigenvalue weighted by molar-refractivity contribution is 0.102. The molecule has 0 unspecified atom stereocenters. The van der Waals surface area contributed by atoms with Crippen molar-refractivity contribution in [2.75, 3.05) is 23.8 Å². The Balaban J connectivity index is 1.98. The van der Waals surface area contributed by atoms with Crippen molar-refractivity contribution in [1.82, 2.24) is 0 Å². The van der Waals surface area contributed by atoms with Crippen LogP contribution in [0.25, 0.3) is 0 Å². The lowest BCUT2D eigenvalue weighted by Gasteiger charge is -2.22. The Morgan fingerprint density at radius 1 is 1.03 bits per heavy atom. The second-order valence-electron chi connectivity index (χ2n) is 6.70. The number of ether oxygens (including phenoxy) is 1. The van der Waals surface area contributed by atoms with Crippen molar-refractivity contribution < 1.29 is 26.7 Å². The van der Waals surface area contributed by atoms with Crippen molar-refractivity contribution in [2.45, 2.75) is 11.8 Å². The monoisotopic (exact) mass is 446 g/mol. The molecule has 0 radical (unpaired) electrons. The number of nitrogens with one attached hydrogen (secondary N) is 1. The summed E-state index contributed by atoms with van der Waals surface area (Å²) in [4.78, 5) is 12.5. The van der Waals surface area contributed by atoms with Gasteiger partial charge in [0.05, 0.1) is 23.4 Å². The number of sulfonamides is 1. The SMILES string of the molecule is COc1ccccc1N(C)S(=O)(=O)c1ccc(C)c(C(=O)Nc2cc(F)ccc2F)c1. The number of methoxy groups -OCH3 is 1. The number of amides is 1. The molecule has 1 amide bonds. The first-order valence-electron chi connectivity index (χ1n) is 9.14. The highest BCUT2D eigenvalue weighted by molar-refractivity contribution is 7.92. The van der Waals surface area contributed by atoms with E-state index < -0.39 is 27.6 Å². The molecule has 0 aromatic heterocycles. The lowest BCUT2D eigenvalue weighted by atomic mass is 10.1. The molecule has 6 nitrogen and oxygen atoms in total. The summed E-state index contributed by atoms with van der Waals surface area (Å²) in [5.41, 5.74) is 0.452. The van der Waals surface area contributed by atoms with E-state index in [1.807, 2.05) is 0 Å². The summed E-state index contributed by atoms with van der Waals surface area (Å²) in [7, 11) is -1.25. The molecule has 0 fully saturated rings. The minimum absolute atomic E-state index is 0.0122. The van der Waals surface area contributed by atoms with Crippen molar-refractivity contribution in [3.63, 3.8) is 0 Å². The quantitative estimate of drug-likeness (QED) is 0.611. The van der Waals surface area contributed by atoms with E-state index in [0.717, 1.165) is 22.5 Å². The minimum atomic E-state index is -4.05. The van der Waals surface area contributed by atoms with Crippen LogP contribution in [0.4, 0.5) is 20.2 Å². The standard InChI is InChI=1S/C22H20F2N2O4S/c1-14-8-10-16(31(28,29)26(2)20-6-4-5-7-21(20)30-3)13-17(14)22(27)25-19-12-15(23)9-11-18(19)24/h4-13H,1-3H3,(H,25,27). The van der Waals surface area contributed by atoms with E-state index in [9.17, 15) is 22.0 Å². The zero-order valence-corrected chi connectivity index (χ0v) is 17.8. The van der Waals surface area contributed by atoms with E-state index in [1.54, 1.807) is 31.2 Å². The van der Waals surface area contributed by atoms with Gasteiger partial charge in [0.2, 0.25) is 0 Å². The van der Waals surface area contributed by atoms with Crippen molar-refractivity contribution >= 4 is 27.3 Å². The zero-order chi connectivity index (χ0) is 22.8. The Bertz CT molecular complexity index is 1250. The van der Waals surface area contributed by atoms with Crippen LogP contribution in [0.3, 0.4) is 0 Å². The number of nitrogens with zero attached hydrogens (tertiary/aromatic N) is 1. The van der Waals surface area contributed by atoms with Gasteiger partial charge in [0, 0.05) is 18.7 Å². The maximum atomic E-state index is 13.9. The summed E-state index contributed by atoms with van der Waals surface area (Å²) in [6, 6.07) is 13.3. The summed E-state index contributed by atoms with van der Waals surface area (Å²) in [5.74, 6) is -1.94. The molecule has 0 atom stereocenters. The second kappa shape index (κ2) is 8.73. The molecule has 0 saturated carbocycles. The maximum absolute atomic E-state index is 13.9. The third-order valence-corrected chi connectivity index (χ3v) is 6.48. The van der Waals surface area contributed by atoms with Gasteiger partial charge in [-0.15, -0.1) is 0 Å². The van der Waals surface area contributed by atoms with Crippen LogP contribution in [0.2, 0.25) is 0 Å². The molecule has 0 spiro atoms. The molecule has 0 aliphatic heterocycles. The molecule has 0 aliphatic carbocycles. The van der Waals surface area contributed by atoms with Crippen LogP contribution in [0.15, 0.2) is 65.6 Å². The van der Waals surface area contributed by atoms with Crippen LogP contribution in [-0.4, -0.2) is 28.5 Å². The highest BCUT2D eigenvalue weighted by Gasteiger charge is 2.25. The average molecular weight is 446 g/mol. The van der Waals surface area contributed by atoms with Gasteiger partial charge in [-0.1, -0.05) is 18.2 Å². The minimum Gasteiger partial charge on any atom is -0.495 e. The van der Waals surface area contributed by atoms with Gasteiger partial charge in [0.1, 0.15) is 17.4 Å². The van der Waals surface area contributed by atoms with E-state index in [-0.39, 0.29) is 16.1 Å². The highest BCUT2D eigenvalue weighted by Crippen LogP contribution is 2.31. The third kappa shape index (κ3) is 4.51. The first-order valence-corrected chi connectivity index (χ1v) is 10.6. The van der Waals surface area contributed by atoms with Crippen LogP contribution >= 0.6 is 0 Å². The summed E-state index contributed by atoms with van der Waals surface area (Å²) in [6.45, 7) is 1.61. The van der Waals surface area contributed by atoms with E-state index in [4.69, 9.17) is 4.74 Å². The number of rotatable bonds is 6. The predicted octanol–water partition coefficient (Wildman–Crippen LogP) is 4.36. The largest absolute Gasteiger partial charge is 0.495 e. The Hall–Kier alpha value is -3.46. The van der Waals surface area contributed by atoms with Gasteiger partial charge in [-0.3, -0.25) is 9.10 Å². The normalized spacial score (nSPS) is 11.1. The zero-order valence-electron chi connectivity index (χ0n) is 17.0. The Morgan fingerprint density at radius 2 is 1.74 bits per heavy atom. The molecule has 0 heterocycles. The van der Waals surface area contributed by atoms with Gasteiger partial charge in [0.15, 0.2) is 0 Å². The molecule has 162 valence electrons. The van der Waals surface area contributed by atoms with Gasteiger partial charge in [0.25, 0.3) is 15.9 Å². The Morgan fingerprint density at radius 3 is 2.45 bits per heavy atom. The van der Waals surface area contributed by atoms with Gasteiger partial charge < -0.3 is 10.1 Å². The average Bonchev–Trinajstić information content (AvgIpc) is 2.75. The fourth-order valence-corrected chi connectivity index (χ4v) is 4.20. The molecule has 3 aromatic rings. The van der Waals surface area contributed by atoms with Gasteiger partial charge >= 0.3 is 0 Å². The number of halogens is 2. The fourth-order valence-electron chi connectivity index (χ4n) is 2.97. The van der Waals surface area contributed by atoms with Crippen LogP contribution < -0.4 is 14.4 Å². The molecular formula is C22H20F2N2O4S. The van der Waals surface area contributed by atoms with Crippen LogP contribution in [-0.2, 0) is 10.0 Å². The summed E-state index contributed by atoms with van der Waals surface area (Å²) >= 11 is 0. The third-order valence-electron chi connectivity index (χ3n) is 4.71. The van der Waals surface area contributed by atoms with E-state index in [1.165, 1.54) is 32.4 Å². The van der Waals surface area contributed by atoms with E-state index >= 15 is 0 Å².